The summed E-state index contributed by atoms with van der Waals surface area (Å²) in [6.07, 6.45) is 2.01. The van der Waals surface area contributed by atoms with Crippen LogP contribution in [-0.2, 0) is 9.59 Å². The molecule has 1 atom stereocenters. The zero-order valence-corrected chi connectivity index (χ0v) is 14.1. The van der Waals surface area contributed by atoms with E-state index in [1.165, 1.54) is 0 Å². The number of hydrogen-bond acceptors (Lipinski definition) is 4. The van der Waals surface area contributed by atoms with Crippen LogP contribution >= 0.6 is 0 Å². The van der Waals surface area contributed by atoms with E-state index in [9.17, 15) is 9.59 Å². The van der Waals surface area contributed by atoms with Crippen LogP contribution in [0.2, 0.25) is 0 Å². The number of carbonyl (C=O) groups excluding carboxylic acids is 2. The summed E-state index contributed by atoms with van der Waals surface area (Å²) in [6, 6.07) is 7.34. The molecule has 24 heavy (non-hydrogen) atoms. The molecule has 2 heterocycles. The molecule has 0 spiro atoms. The molecule has 0 aliphatic carbocycles. The standard InChI is InChI=1S/C18H21N3O3/c1-11(2)15-9-19-18(24-15)12-4-6-14(7-5-12)20-17(23)13-8-16(22)21(3)10-13/h4-7,9,11,13H,8,10H2,1-3H3,(H,20,23)/t13-/m1/s1. The molecule has 1 aromatic heterocycles. The van der Waals surface area contributed by atoms with Crippen LogP contribution in [0.5, 0.6) is 0 Å². The van der Waals surface area contributed by atoms with Gasteiger partial charge in [0.2, 0.25) is 17.7 Å². The van der Waals surface area contributed by atoms with Gasteiger partial charge in [-0.1, -0.05) is 13.8 Å². The van der Waals surface area contributed by atoms with Crippen molar-refractivity contribution in [1.82, 2.24) is 9.88 Å². The highest BCUT2D eigenvalue weighted by Crippen LogP contribution is 2.25. The fraction of sp³-hybridized carbons (Fsp3) is 0.389. The molecule has 3 rings (SSSR count). The van der Waals surface area contributed by atoms with Crippen molar-refractivity contribution >= 4 is 17.5 Å². The van der Waals surface area contributed by atoms with Gasteiger partial charge in [0.25, 0.3) is 0 Å². The van der Waals surface area contributed by atoms with E-state index in [2.05, 4.69) is 10.3 Å². The molecule has 1 saturated heterocycles. The van der Waals surface area contributed by atoms with Gasteiger partial charge in [-0.25, -0.2) is 4.98 Å². The van der Waals surface area contributed by atoms with Crippen molar-refractivity contribution in [2.45, 2.75) is 26.2 Å². The minimum atomic E-state index is -0.289. The van der Waals surface area contributed by atoms with E-state index < -0.39 is 0 Å². The van der Waals surface area contributed by atoms with Crippen LogP contribution in [0.1, 0.15) is 31.9 Å². The first-order valence-corrected chi connectivity index (χ1v) is 8.05. The van der Waals surface area contributed by atoms with Crippen molar-refractivity contribution in [2.24, 2.45) is 5.92 Å². The first-order chi connectivity index (χ1) is 11.4. The van der Waals surface area contributed by atoms with Crippen molar-refractivity contribution < 1.29 is 14.0 Å². The highest BCUT2D eigenvalue weighted by Gasteiger charge is 2.32. The first-order valence-electron chi connectivity index (χ1n) is 8.05. The smallest absolute Gasteiger partial charge is 0.229 e. The number of rotatable bonds is 4. The molecule has 1 N–H and O–H groups in total. The van der Waals surface area contributed by atoms with Crippen LogP contribution in [-0.4, -0.2) is 35.3 Å². The Kier molecular flexibility index (Phi) is 4.38. The van der Waals surface area contributed by atoms with Crippen LogP contribution in [0.4, 0.5) is 5.69 Å². The number of nitrogens with one attached hydrogen (secondary N) is 1. The predicted molar refractivity (Wildman–Crippen MR) is 90.4 cm³/mol. The van der Waals surface area contributed by atoms with E-state index in [1.54, 1.807) is 18.1 Å². The molecular weight excluding hydrogens is 306 g/mol. The lowest BCUT2D eigenvalue weighted by Gasteiger charge is -2.11. The third-order valence-corrected chi connectivity index (χ3v) is 4.20. The third-order valence-electron chi connectivity index (χ3n) is 4.20. The number of amides is 2. The monoisotopic (exact) mass is 327 g/mol. The maximum absolute atomic E-state index is 12.2. The second-order valence-electron chi connectivity index (χ2n) is 6.46. The molecule has 0 bridgehead atoms. The Morgan fingerprint density at radius 3 is 2.58 bits per heavy atom. The van der Waals surface area contributed by atoms with Gasteiger partial charge in [-0.3, -0.25) is 9.59 Å². The van der Waals surface area contributed by atoms with E-state index in [0.29, 0.717) is 18.1 Å². The third kappa shape index (κ3) is 3.32. The van der Waals surface area contributed by atoms with Crippen LogP contribution < -0.4 is 5.32 Å². The Labute approximate surface area is 140 Å². The largest absolute Gasteiger partial charge is 0.441 e. The highest BCUT2D eigenvalue weighted by atomic mass is 16.4. The van der Waals surface area contributed by atoms with Gasteiger partial charge in [-0.15, -0.1) is 0 Å². The van der Waals surface area contributed by atoms with Crippen molar-refractivity contribution in [3.8, 4) is 11.5 Å². The quantitative estimate of drug-likeness (QED) is 0.937. The Morgan fingerprint density at radius 1 is 1.33 bits per heavy atom. The molecule has 1 fully saturated rings. The summed E-state index contributed by atoms with van der Waals surface area (Å²) in [6.45, 7) is 4.57. The second kappa shape index (κ2) is 6.47. The molecule has 0 unspecified atom stereocenters. The number of anilines is 1. The number of carbonyl (C=O) groups is 2. The number of likely N-dealkylation sites (tertiary alicyclic amines) is 1. The minimum absolute atomic E-state index is 0.00958. The average Bonchev–Trinajstić information content (AvgIpc) is 3.16. The van der Waals surface area contributed by atoms with Gasteiger partial charge in [0.1, 0.15) is 5.76 Å². The average molecular weight is 327 g/mol. The number of aromatic nitrogens is 1. The van der Waals surface area contributed by atoms with Crippen LogP contribution in [0.3, 0.4) is 0 Å². The summed E-state index contributed by atoms with van der Waals surface area (Å²) < 4.78 is 5.72. The minimum Gasteiger partial charge on any atom is -0.441 e. The lowest BCUT2D eigenvalue weighted by Crippen LogP contribution is -2.25. The van der Waals surface area contributed by atoms with E-state index in [4.69, 9.17) is 4.42 Å². The van der Waals surface area contributed by atoms with Crippen LogP contribution in [0.15, 0.2) is 34.9 Å². The second-order valence-corrected chi connectivity index (χ2v) is 6.46. The molecule has 2 aromatic rings. The molecule has 1 aromatic carbocycles. The Bertz CT molecular complexity index is 749. The summed E-state index contributed by atoms with van der Waals surface area (Å²) in [5.41, 5.74) is 1.55. The normalized spacial score (nSPS) is 17.6. The number of benzene rings is 1. The number of hydrogen-bond donors (Lipinski definition) is 1. The molecule has 1 aliphatic rings. The Hall–Kier alpha value is -2.63. The summed E-state index contributed by atoms with van der Waals surface area (Å²) in [5, 5.41) is 2.86. The van der Waals surface area contributed by atoms with Crippen molar-refractivity contribution in [3.63, 3.8) is 0 Å². The van der Waals surface area contributed by atoms with Gasteiger partial charge in [-0.2, -0.15) is 0 Å². The fourth-order valence-corrected chi connectivity index (χ4v) is 2.67. The van der Waals surface area contributed by atoms with Gasteiger partial charge < -0.3 is 14.6 Å². The maximum Gasteiger partial charge on any atom is 0.229 e. The summed E-state index contributed by atoms with van der Waals surface area (Å²) in [4.78, 5) is 29.6. The molecule has 1 aliphatic heterocycles. The van der Waals surface area contributed by atoms with Gasteiger partial charge in [-0.05, 0) is 24.3 Å². The van der Waals surface area contributed by atoms with E-state index in [-0.39, 0.29) is 30.1 Å². The van der Waals surface area contributed by atoms with Gasteiger partial charge in [0, 0.05) is 37.2 Å². The zero-order valence-electron chi connectivity index (χ0n) is 14.1. The highest BCUT2D eigenvalue weighted by molar-refractivity contribution is 5.97. The van der Waals surface area contributed by atoms with Crippen LogP contribution in [0, 0.1) is 5.92 Å². The SMILES string of the molecule is CC(C)c1cnc(-c2ccc(NC(=O)[C@@H]3CC(=O)N(C)C3)cc2)o1. The number of oxazole rings is 1. The van der Waals surface area contributed by atoms with Gasteiger partial charge >= 0.3 is 0 Å². The molecule has 6 heteroatoms. The van der Waals surface area contributed by atoms with E-state index in [1.807, 2.05) is 38.1 Å². The molecule has 0 radical (unpaired) electrons. The summed E-state index contributed by atoms with van der Waals surface area (Å²) >= 11 is 0. The van der Waals surface area contributed by atoms with Gasteiger partial charge in [0.15, 0.2) is 0 Å². The van der Waals surface area contributed by atoms with Crippen LogP contribution in [0.25, 0.3) is 11.5 Å². The predicted octanol–water partition coefficient (Wildman–Crippen LogP) is 2.88. The molecule has 0 saturated carbocycles. The van der Waals surface area contributed by atoms with E-state index >= 15 is 0 Å². The molecular formula is C18H21N3O3. The number of nitrogens with zero attached hydrogens (tertiary/aromatic N) is 2. The van der Waals surface area contributed by atoms with Crippen molar-refractivity contribution in [3.05, 3.63) is 36.2 Å². The van der Waals surface area contributed by atoms with Crippen molar-refractivity contribution in [2.75, 3.05) is 18.9 Å². The maximum atomic E-state index is 12.2. The first kappa shape index (κ1) is 16.2. The topological polar surface area (TPSA) is 75.4 Å². The lowest BCUT2D eigenvalue weighted by atomic mass is 10.1. The molecule has 126 valence electrons. The fourth-order valence-electron chi connectivity index (χ4n) is 2.67. The van der Waals surface area contributed by atoms with Gasteiger partial charge in [0.05, 0.1) is 12.1 Å². The lowest BCUT2D eigenvalue weighted by molar-refractivity contribution is -0.127. The Balaban J connectivity index is 1.66. The molecule has 2 amide bonds. The summed E-state index contributed by atoms with van der Waals surface area (Å²) in [7, 11) is 1.71. The van der Waals surface area contributed by atoms with E-state index in [0.717, 1.165) is 11.3 Å². The summed E-state index contributed by atoms with van der Waals surface area (Å²) in [5.74, 6) is 1.30. The van der Waals surface area contributed by atoms with Crippen molar-refractivity contribution in [1.29, 1.82) is 0 Å². The zero-order chi connectivity index (χ0) is 17.3. The Morgan fingerprint density at radius 2 is 2.04 bits per heavy atom. The molecule has 6 nitrogen and oxygen atoms in total.